The van der Waals surface area contributed by atoms with Crippen molar-refractivity contribution in [3.63, 3.8) is 0 Å². The highest BCUT2D eigenvalue weighted by molar-refractivity contribution is 6.34. The third kappa shape index (κ3) is 3.65. The second kappa shape index (κ2) is 7.35. The summed E-state index contributed by atoms with van der Waals surface area (Å²) in [6.45, 7) is 0. The van der Waals surface area contributed by atoms with Gasteiger partial charge in [-0.05, 0) is 48.5 Å². The van der Waals surface area contributed by atoms with Crippen LogP contribution in [-0.4, -0.2) is 17.7 Å². The quantitative estimate of drug-likeness (QED) is 0.477. The lowest BCUT2D eigenvalue weighted by Gasteiger charge is -2.15. The molecule has 3 aromatic carbocycles. The van der Waals surface area contributed by atoms with Crippen molar-refractivity contribution in [2.45, 2.75) is 6.18 Å². The molecule has 0 spiro atoms. The van der Waals surface area contributed by atoms with E-state index in [0.717, 1.165) is 11.0 Å². The predicted octanol–water partition coefficient (Wildman–Crippen LogP) is 4.90. The maximum atomic E-state index is 13.4. The van der Waals surface area contributed by atoms with E-state index in [1.807, 2.05) is 0 Å². The van der Waals surface area contributed by atoms with Gasteiger partial charge in [0.15, 0.2) is 0 Å². The van der Waals surface area contributed by atoms with Crippen LogP contribution in [-0.2, 0) is 6.18 Å². The fourth-order valence-corrected chi connectivity index (χ4v) is 3.23. The minimum atomic E-state index is -4.95. The molecule has 0 saturated heterocycles. The summed E-state index contributed by atoms with van der Waals surface area (Å²) in [5, 5.41) is 2.39. The molecule has 5 nitrogen and oxygen atoms in total. The van der Waals surface area contributed by atoms with Crippen molar-refractivity contribution in [1.29, 1.82) is 0 Å². The van der Waals surface area contributed by atoms with Crippen LogP contribution >= 0.6 is 0 Å². The van der Waals surface area contributed by atoms with Crippen LogP contribution in [0.2, 0.25) is 0 Å². The van der Waals surface area contributed by atoms with Gasteiger partial charge in [0.25, 0.3) is 17.7 Å². The fraction of sp³-hybridized carbons (Fsp3) is 0.0455. The predicted molar refractivity (Wildman–Crippen MR) is 103 cm³/mol. The van der Waals surface area contributed by atoms with Crippen LogP contribution in [0.4, 0.5) is 28.9 Å². The van der Waals surface area contributed by atoms with Gasteiger partial charge >= 0.3 is 6.18 Å². The molecule has 0 radical (unpaired) electrons. The molecule has 0 atom stereocenters. The number of fused-ring (bicyclic) bond motifs is 1. The third-order valence-corrected chi connectivity index (χ3v) is 4.69. The van der Waals surface area contributed by atoms with Crippen LogP contribution in [0.25, 0.3) is 0 Å². The summed E-state index contributed by atoms with van der Waals surface area (Å²) in [7, 11) is 0. The summed E-state index contributed by atoms with van der Waals surface area (Å²) < 4.78 is 52.1. The molecule has 0 aliphatic carbocycles. The van der Waals surface area contributed by atoms with Gasteiger partial charge in [0.1, 0.15) is 5.82 Å². The Labute approximate surface area is 172 Å². The topological polar surface area (TPSA) is 66.5 Å². The number of nitrogens with zero attached hydrogens (tertiary/aromatic N) is 1. The maximum absolute atomic E-state index is 13.4. The van der Waals surface area contributed by atoms with Gasteiger partial charge in [0, 0.05) is 11.3 Å². The van der Waals surface area contributed by atoms with E-state index in [1.165, 1.54) is 36.4 Å². The monoisotopic (exact) mass is 428 g/mol. The lowest BCUT2D eigenvalue weighted by atomic mass is 10.1. The number of carbonyl (C=O) groups is 3. The van der Waals surface area contributed by atoms with E-state index in [1.54, 1.807) is 12.1 Å². The molecule has 0 fully saturated rings. The van der Waals surface area contributed by atoms with E-state index in [-0.39, 0.29) is 22.5 Å². The number of carbonyl (C=O) groups excluding carboxylic acids is 3. The van der Waals surface area contributed by atoms with Gasteiger partial charge in [-0.15, -0.1) is 0 Å². The Morgan fingerprint density at radius 3 is 2.10 bits per heavy atom. The summed E-state index contributed by atoms with van der Waals surface area (Å²) in [5.41, 5.74) is -1.16. The van der Waals surface area contributed by atoms with Crippen molar-refractivity contribution in [1.82, 2.24) is 0 Å². The highest BCUT2D eigenvalue weighted by Gasteiger charge is 2.37. The number of imide groups is 1. The number of hydrogen-bond donors (Lipinski definition) is 1. The van der Waals surface area contributed by atoms with Crippen molar-refractivity contribution in [3.05, 3.63) is 94.8 Å². The number of anilines is 2. The normalized spacial score (nSPS) is 13.4. The Morgan fingerprint density at radius 1 is 0.839 bits per heavy atom. The first-order valence-corrected chi connectivity index (χ1v) is 8.93. The van der Waals surface area contributed by atoms with Crippen molar-refractivity contribution >= 4 is 29.1 Å². The summed E-state index contributed by atoms with van der Waals surface area (Å²) in [5.74, 6) is -3.46. The Bertz CT molecular complexity index is 1200. The molecule has 0 aromatic heterocycles. The molecular weight excluding hydrogens is 416 g/mol. The van der Waals surface area contributed by atoms with E-state index in [0.29, 0.717) is 12.1 Å². The van der Waals surface area contributed by atoms with E-state index < -0.39 is 40.8 Å². The molecule has 3 amide bonds. The molecular formula is C22H12F4N2O3. The van der Waals surface area contributed by atoms with Gasteiger partial charge in [0.2, 0.25) is 0 Å². The van der Waals surface area contributed by atoms with Crippen molar-refractivity contribution in [2.24, 2.45) is 0 Å². The summed E-state index contributed by atoms with van der Waals surface area (Å²) in [4.78, 5) is 38.5. The number of rotatable bonds is 3. The lowest BCUT2D eigenvalue weighted by Crippen LogP contribution is -2.29. The second-order valence-electron chi connectivity index (χ2n) is 6.69. The minimum Gasteiger partial charge on any atom is -0.322 e. The Balaban J connectivity index is 1.60. The number of nitrogens with one attached hydrogen (secondary N) is 1. The zero-order valence-electron chi connectivity index (χ0n) is 15.5. The number of amides is 3. The van der Waals surface area contributed by atoms with Crippen molar-refractivity contribution < 1.29 is 31.9 Å². The van der Waals surface area contributed by atoms with E-state index >= 15 is 0 Å². The molecule has 156 valence electrons. The molecule has 1 aliphatic heterocycles. The lowest BCUT2D eigenvalue weighted by molar-refractivity contribution is -0.140. The van der Waals surface area contributed by atoms with Crippen LogP contribution in [0.3, 0.4) is 0 Å². The first-order chi connectivity index (χ1) is 14.7. The van der Waals surface area contributed by atoms with Crippen LogP contribution in [0.5, 0.6) is 0 Å². The third-order valence-electron chi connectivity index (χ3n) is 4.69. The molecule has 4 rings (SSSR count). The summed E-state index contributed by atoms with van der Waals surface area (Å²) in [6.07, 6.45) is -4.95. The number of hydrogen-bond acceptors (Lipinski definition) is 3. The summed E-state index contributed by atoms with van der Waals surface area (Å²) in [6, 6.07) is 13.9. The van der Waals surface area contributed by atoms with Crippen LogP contribution in [0.15, 0.2) is 66.7 Å². The van der Waals surface area contributed by atoms with E-state index in [2.05, 4.69) is 5.32 Å². The molecule has 31 heavy (non-hydrogen) atoms. The first kappa shape index (κ1) is 20.3. The minimum absolute atomic E-state index is 0.136. The molecule has 0 saturated carbocycles. The number of benzene rings is 3. The number of alkyl halides is 3. The summed E-state index contributed by atoms with van der Waals surface area (Å²) >= 11 is 0. The standard InChI is InChI=1S/C22H12F4N2O3/c23-18-9-8-12(10-17(18)22(24,25)26)19(29)27-13-4-3-5-14(11-13)28-20(30)15-6-1-2-7-16(15)21(28)31/h1-11H,(H,27,29). The smallest absolute Gasteiger partial charge is 0.322 e. The molecule has 3 aromatic rings. The zero-order chi connectivity index (χ0) is 22.3. The van der Waals surface area contributed by atoms with Gasteiger partial charge in [-0.3, -0.25) is 14.4 Å². The first-order valence-electron chi connectivity index (χ1n) is 8.93. The average molecular weight is 428 g/mol. The zero-order valence-corrected chi connectivity index (χ0v) is 15.5. The second-order valence-corrected chi connectivity index (χ2v) is 6.69. The van der Waals surface area contributed by atoms with Gasteiger partial charge in [-0.25, -0.2) is 9.29 Å². The molecule has 1 N–H and O–H groups in total. The van der Waals surface area contributed by atoms with Gasteiger partial charge in [0.05, 0.1) is 22.4 Å². The highest BCUT2D eigenvalue weighted by Crippen LogP contribution is 2.33. The average Bonchev–Trinajstić information content (AvgIpc) is 2.98. The fourth-order valence-electron chi connectivity index (χ4n) is 3.23. The van der Waals surface area contributed by atoms with Crippen LogP contribution in [0.1, 0.15) is 36.6 Å². The Kier molecular flexibility index (Phi) is 4.81. The Hall–Kier alpha value is -4.01. The molecule has 1 aliphatic rings. The largest absolute Gasteiger partial charge is 0.419 e. The van der Waals surface area contributed by atoms with Gasteiger partial charge < -0.3 is 5.32 Å². The Morgan fingerprint density at radius 2 is 1.48 bits per heavy atom. The number of halogens is 4. The van der Waals surface area contributed by atoms with E-state index in [4.69, 9.17) is 0 Å². The molecule has 0 bridgehead atoms. The van der Waals surface area contributed by atoms with Crippen LogP contribution in [0, 0.1) is 5.82 Å². The van der Waals surface area contributed by atoms with Crippen molar-refractivity contribution in [2.75, 3.05) is 10.2 Å². The van der Waals surface area contributed by atoms with Crippen LogP contribution < -0.4 is 10.2 Å². The molecule has 1 heterocycles. The van der Waals surface area contributed by atoms with Gasteiger partial charge in [-0.2, -0.15) is 13.2 Å². The molecule has 0 unspecified atom stereocenters. The van der Waals surface area contributed by atoms with E-state index in [9.17, 15) is 31.9 Å². The maximum Gasteiger partial charge on any atom is 0.419 e. The van der Waals surface area contributed by atoms with Gasteiger partial charge in [-0.1, -0.05) is 18.2 Å². The SMILES string of the molecule is O=C(Nc1cccc(N2C(=O)c3ccccc3C2=O)c1)c1ccc(F)c(C(F)(F)F)c1. The van der Waals surface area contributed by atoms with Crippen molar-refractivity contribution in [3.8, 4) is 0 Å². The molecule has 9 heteroatoms. The highest BCUT2D eigenvalue weighted by atomic mass is 19.4.